The second-order valence-electron chi connectivity index (χ2n) is 6.22. The lowest BCUT2D eigenvalue weighted by atomic mass is 10.2. The molecular formula is C21H16N4O6. The van der Waals surface area contributed by atoms with E-state index in [9.17, 15) is 25.0 Å². The number of benzene rings is 3. The van der Waals surface area contributed by atoms with Crippen LogP contribution in [0.25, 0.3) is 0 Å². The predicted molar refractivity (Wildman–Crippen MR) is 112 cm³/mol. The molecule has 1 N–H and O–H groups in total. The van der Waals surface area contributed by atoms with E-state index in [1.807, 2.05) is 0 Å². The van der Waals surface area contributed by atoms with Gasteiger partial charge in [0.2, 0.25) is 0 Å². The first kappa shape index (κ1) is 21.1. The van der Waals surface area contributed by atoms with Crippen LogP contribution in [-0.4, -0.2) is 22.0 Å². The van der Waals surface area contributed by atoms with Gasteiger partial charge in [0.15, 0.2) is 0 Å². The van der Waals surface area contributed by atoms with Crippen molar-refractivity contribution >= 4 is 23.5 Å². The van der Waals surface area contributed by atoms with Crippen molar-refractivity contribution in [2.75, 3.05) is 0 Å². The van der Waals surface area contributed by atoms with Gasteiger partial charge in [0.05, 0.1) is 16.1 Å². The van der Waals surface area contributed by atoms with Crippen LogP contribution in [0.4, 0.5) is 11.4 Å². The Bertz CT molecular complexity index is 1140. The summed E-state index contributed by atoms with van der Waals surface area (Å²) in [5.41, 5.74) is 3.14. The zero-order valence-electron chi connectivity index (χ0n) is 16.0. The number of nitro benzene ring substituents is 2. The van der Waals surface area contributed by atoms with Crippen LogP contribution in [0.2, 0.25) is 0 Å². The van der Waals surface area contributed by atoms with Gasteiger partial charge in [0, 0.05) is 23.8 Å². The molecule has 0 aliphatic heterocycles. The van der Waals surface area contributed by atoms with Crippen molar-refractivity contribution in [1.29, 1.82) is 0 Å². The molecule has 0 aliphatic carbocycles. The molecule has 0 aliphatic rings. The zero-order chi connectivity index (χ0) is 22.2. The van der Waals surface area contributed by atoms with Gasteiger partial charge in [-0.3, -0.25) is 25.0 Å². The third-order valence-electron chi connectivity index (χ3n) is 4.18. The fourth-order valence-electron chi connectivity index (χ4n) is 2.64. The number of hydrogen-bond donors (Lipinski definition) is 1. The first-order chi connectivity index (χ1) is 15.0. The number of hydrogen-bond acceptors (Lipinski definition) is 7. The molecule has 31 heavy (non-hydrogen) atoms. The molecule has 0 spiro atoms. The zero-order valence-corrected chi connectivity index (χ0v) is 16.0. The fourth-order valence-corrected chi connectivity index (χ4v) is 2.64. The first-order valence-corrected chi connectivity index (χ1v) is 8.97. The van der Waals surface area contributed by atoms with E-state index in [0.717, 1.165) is 5.56 Å². The van der Waals surface area contributed by atoms with Crippen LogP contribution >= 0.6 is 0 Å². The van der Waals surface area contributed by atoms with Crippen LogP contribution in [0.15, 0.2) is 77.9 Å². The molecule has 156 valence electrons. The highest BCUT2D eigenvalue weighted by Crippen LogP contribution is 2.20. The maximum Gasteiger partial charge on any atom is 0.282 e. The molecule has 0 heterocycles. The number of hydrazone groups is 1. The van der Waals surface area contributed by atoms with E-state index >= 15 is 0 Å². The lowest BCUT2D eigenvalue weighted by Crippen LogP contribution is -2.19. The normalized spacial score (nSPS) is 10.6. The number of amides is 1. The topological polar surface area (TPSA) is 137 Å². The van der Waals surface area contributed by atoms with Gasteiger partial charge in [-0.2, -0.15) is 5.10 Å². The molecule has 3 rings (SSSR count). The highest BCUT2D eigenvalue weighted by atomic mass is 16.6. The SMILES string of the molecule is O=C(N/N=C\c1ccccc1OCc1ccc([N+](=O)[O-])cc1)c1ccccc1[N+](=O)[O-]. The van der Waals surface area contributed by atoms with Crippen molar-refractivity contribution in [2.45, 2.75) is 6.61 Å². The minimum absolute atomic E-state index is 0.00863. The molecule has 0 aromatic heterocycles. The van der Waals surface area contributed by atoms with E-state index in [-0.39, 0.29) is 23.5 Å². The first-order valence-electron chi connectivity index (χ1n) is 8.97. The summed E-state index contributed by atoms with van der Waals surface area (Å²) in [5.74, 6) is -0.239. The quantitative estimate of drug-likeness (QED) is 0.334. The van der Waals surface area contributed by atoms with E-state index in [2.05, 4.69) is 10.5 Å². The van der Waals surface area contributed by atoms with Gasteiger partial charge in [-0.1, -0.05) is 24.3 Å². The van der Waals surface area contributed by atoms with Gasteiger partial charge >= 0.3 is 0 Å². The third kappa shape index (κ3) is 5.48. The maximum absolute atomic E-state index is 12.2. The molecule has 0 unspecified atom stereocenters. The van der Waals surface area contributed by atoms with Crippen LogP contribution < -0.4 is 10.2 Å². The minimum atomic E-state index is -0.715. The van der Waals surface area contributed by atoms with E-state index in [1.54, 1.807) is 36.4 Å². The average molecular weight is 420 g/mol. The number of nitrogens with zero attached hydrogens (tertiary/aromatic N) is 3. The summed E-state index contributed by atoms with van der Waals surface area (Å²) in [6.45, 7) is 0.172. The van der Waals surface area contributed by atoms with Crippen molar-refractivity contribution in [3.8, 4) is 5.75 Å². The minimum Gasteiger partial charge on any atom is -0.488 e. The lowest BCUT2D eigenvalue weighted by Gasteiger charge is -2.09. The van der Waals surface area contributed by atoms with Crippen molar-refractivity contribution in [1.82, 2.24) is 5.43 Å². The van der Waals surface area contributed by atoms with E-state index in [0.29, 0.717) is 11.3 Å². The van der Waals surface area contributed by atoms with E-state index in [4.69, 9.17) is 4.74 Å². The highest BCUT2D eigenvalue weighted by Gasteiger charge is 2.18. The number of nitro groups is 2. The van der Waals surface area contributed by atoms with E-state index < -0.39 is 15.8 Å². The van der Waals surface area contributed by atoms with Gasteiger partial charge in [0.1, 0.15) is 17.9 Å². The summed E-state index contributed by atoms with van der Waals surface area (Å²) >= 11 is 0. The highest BCUT2D eigenvalue weighted by molar-refractivity contribution is 5.98. The largest absolute Gasteiger partial charge is 0.488 e. The monoisotopic (exact) mass is 420 g/mol. The maximum atomic E-state index is 12.2. The molecule has 0 atom stereocenters. The smallest absolute Gasteiger partial charge is 0.282 e. The molecule has 3 aromatic rings. The summed E-state index contributed by atoms with van der Waals surface area (Å²) in [5, 5.41) is 25.6. The second-order valence-corrected chi connectivity index (χ2v) is 6.22. The Hall–Kier alpha value is -4.60. The number of rotatable bonds is 8. The molecule has 0 fully saturated rings. The van der Waals surface area contributed by atoms with Gasteiger partial charge < -0.3 is 4.74 Å². The Labute approximate surface area is 176 Å². The number of nitrogens with one attached hydrogen (secondary N) is 1. The Kier molecular flexibility index (Phi) is 6.64. The van der Waals surface area contributed by atoms with Gasteiger partial charge in [-0.05, 0) is 35.9 Å². The summed E-state index contributed by atoms with van der Waals surface area (Å²) in [6.07, 6.45) is 1.36. The number of ether oxygens (including phenoxy) is 1. The molecule has 10 nitrogen and oxygen atoms in total. The van der Waals surface area contributed by atoms with Crippen molar-refractivity contribution < 1.29 is 19.4 Å². The summed E-state index contributed by atoms with van der Waals surface area (Å²) in [6, 6.07) is 18.5. The Balaban J connectivity index is 1.66. The molecule has 3 aromatic carbocycles. The van der Waals surface area contributed by atoms with Crippen molar-refractivity contribution in [3.63, 3.8) is 0 Å². The van der Waals surface area contributed by atoms with Gasteiger partial charge in [-0.25, -0.2) is 5.43 Å². The Morgan fingerprint density at radius 3 is 2.32 bits per heavy atom. The van der Waals surface area contributed by atoms with Crippen LogP contribution in [0.5, 0.6) is 5.75 Å². The Morgan fingerprint density at radius 1 is 0.935 bits per heavy atom. The number of carbonyl (C=O) groups is 1. The summed E-state index contributed by atoms with van der Waals surface area (Å²) < 4.78 is 5.75. The Morgan fingerprint density at radius 2 is 1.61 bits per heavy atom. The standard InChI is InChI=1S/C21H16N4O6/c26-21(18-6-2-3-7-19(18)25(29)30)23-22-13-16-5-1-4-8-20(16)31-14-15-9-11-17(12-10-15)24(27)28/h1-13H,14H2,(H,23,26)/b22-13-. The van der Waals surface area contributed by atoms with Crippen LogP contribution in [0.1, 0.15) is 21.5 Å². The second kappa shape index (κ2) is 9.74. The number of para-hydroxylation sites is 2. The van der Waals surface area contributed by atoms with Crippen molar-refractivity contribution in [3.05, 3.63) is 110 Å². The van der Waals surface area contributed by atoms with Crippen molar-refractivity contribution in [2.24, 2.45) is 5.10 Å². The van der Waals surface area contributed by atoms with Crippen LogP contribution in [-0.2, 0) is 6.61 Å². The summed E-state index contributed by atoms with van der Waals surface area (Å²) in [7, 11) is 0. The molecule has 10 heteroatoms. The van der Waals surface area contributed by atoms with Gasteiger partial charge in [0.25, 0.3) is 17.3 Å². The molecule has 0 radical (unpaired) electrons. The van der Waals surface area contributed by atoms with Crippen LogP contribution in [0, 0.1) is 20.2 Å². The van der Waals surface area contributed by atoms with Crippen LogP contribution in [0.3, 0.4) is 0 Å². The average Bonchev–Trinajstić information content (AvgIpc) is 2.78. The molecule has 0 bridgehead atoms. The predicted octanol–water partition coefficient (Wildman–Crippen LogP) is 3.85. The summed E-state index contributed by atoms with van der Waals surface area (Å²) in [4.78, 5) is 32.9. The fraction of sp³-hybridized carbons (Fsp3) is 0.0476. The molecule has 0 saturated carbocycles. The number of carbonyl (C=O) groups excluding carboxylic acids is 1. The van der Waals surface area contributed by atoms with E-state index in [1.165, 1.54) is 42.6 Å². The number of non-ortho nitro benzene ring substituents is 1. The molecule has 1 amide bonds. The lowest BCUT2D eigenvalue weighted by molar-refractivity contribution is -0.385. The molecule has 0 saturated heterocycles. The van der Waals surface area contributed by atoms with Gasteiger partial charge in [-0.15, -0.1) is 0 Å². The molecular weight excluding hydrogens is 404 g/mol. The third-order valence-corrected chi connectivity index (χ3v) is 4.18.